The highest BCUT2D eigenvalue weighted by Crippen LogP contribution is 2.34. The Bertz CT molecular complexity index is 1040. The predicted molar refractivity (Wildman–Crippen MR) is 130 cm³/mol. The molecule has 5 nitrogen and oxygen atoms in total. The average molecular weight is 458 g/mol. The van der Waals surface area contributed by atoms with Crippen LogP contribution in [0, 0.1) is 0 Å². The molecule has 0 unspecified atom stereocenters. The number of nitrogens with zero attached hydrogens (tertiary/aromatic N) is 1. The highest BCUT2D eigenvalue weighted by atomic mass is 16.6. The fraction of sp³-hybridized carbons (Fsp3) is 0.345. The predicted octanol–water partition coefficient (Wildman–Crippen LogP) is 4.75. The van der Waals surface area contributed by atoms with E-state index in [-0.39, 0.29) is 30.3 Å². The SMILES string of the molecule is O=C1CC[C@H]2[C@@H](OCc3ccccc3)[C@H](OCc3ccccc3)[C@H](OCc3ccccc3)CN12. The van der Waals surface area contributed by atoms with Crippen LogP contribution in [-0.2, 0) is 38.8 Å². The van der Waals surface area contributed by atoms with E-state index in [4.69, 9.17) is 14.2 Å². The molecule has 3 aromatic carbocycles. The van der Waals surface area contributed by atoms with E-state index < -0.39 is 0 Å². The molecule has 2 saturated heterocycles. The Balaban J connectivity index is 1.37. The third-order valence-electron chi connectivity index (χ3n) is 6.70. The van der Waals surface area contributed by atoms with Crippen LogP contribution >= 0.6 is 0 Å². The van der Waals surface area contributed by atoms with Gasteiger partial charge in [-0.3, -0.25) is 4.79 Å². The highest BCUT2D eigenvalue weighted by molar-refractivity contribution is 5.79. The molecule has 2 heterocycles. The van der Waals surface area contributed by atoms with Gasteiger partial charge in [0, 0.05) is 13.0 Å². The minimum Gasteiger partial charge on any atom is -0.369 e. The zero-order valence-electron chi connectivity index (χ0n) is 19.3. The second kappa shape index (κ2) is 11.0. The molecule has 2 aliphatic rings. The largest absolute Gasteiger partial charge is 0.369 e. The second-order valence-electron chi connectivity index (χ2n) is 9.01. The van der Waals surface area contributed by atoms with Crippen molar-refractivity contribution >= 4 is 5.91 Å². The van der Waals surface area contributed by atoms with E-state index in [0.717, 1.165) is 23.1 Å². The van der Waals surface area contributed by atoms with E-state index in [2.05, 4.69) is 36.4 Å². The van der Waals surface area contributed by atoms with Crippen molar-refractivity contribution in [1.82, 2.24) is 4.90 Å². The molecular formula is C29H31NO4. The minimum absolute atomic E-state index is 0.00793. The molecule has 0 bridgehead atoms. The van der Waals surface area contributed by atoms with E-state index in [1.54, 1.807) is 0 Å². The van der Waals surface area contributed by atoms with Crippen LogP contribution in [0.4, 0.5) is 0 Å². The first-order valence-electron chi connectivity index (χ1n) is 12.0. The van der Waals surface area contributed by atoms with Gasteiger partial charge in [-0.05, 0) is 23.1 Å². The van der Waals surface area contributed by atoms with Crippen LogP contribution in [0.1, 0.15) is 29.5 Å². The summed E-state index contributed by atoms with van der Waals surface area (Å²) in [4.78, 5) is 14.7. The number of piperidine rings is 1. The molecule has 0 N–H and O–H groups in total. The zero-order valence-corrected chi connectivity index (χ0v) is 19.3. The first-order valence-corrected chi connectivity index (χ1v) is 12.0. The van der Waals surface area contributed by atoms with E-state index in [1.165, 1.54) is 0 Å². The van der Waals surface area contributed by atoms with Crippen LogP contribution in [0.25, 0.3) is 0 Å². The lowest BCUT2D eigenvalue weighted by Gasteiger charge is -2.45. The Labute approximate surface area is 201 Å². The van der Waals surface area contributed by atoms with E-state index >= 15 is 0 Å². The van der Waals surface area contributed by atoms with Crippen LogP contribution in [-0.4, -0.2) is 41.7 Å². The van der Waals surface area contributed by atoms with Gasteiger partial charge in [-0.1, -0.05) is 91.0 Å². The Kier molecular flexibility index (Phi) is 7.34. The van der Waals surface area contributed by atoms with Crippen molar-refractivity contribution in [3.8, 4) is 0 Å². The molecule has 0 saturated carbocycles. The molecule has 34 heavy (non-hydrogen) atoms. The van der Waals surface area contributed by atoms with Crippen LogP contribution in [0.2, 0.25) is 0 Å². The fourth-order valence-electron chi connectivity index (χ4n) is 4.93. The number of rotatable bonds is 9. The zero-order chi connectivity index (χ0) is 23.2. The molecule has 4 atom stereocenters. The fourth-order valence-corrected chi connectivity index (χ4v) is 4.93. The Morgan fingerprint density at radius 2 is 1.12 bits per heavy atom. The second-order valence-corrected chi connectivity index (χ2v) is 9.01. The van der Waals surface area contributed by atoms with Crippen LogP contribution in [0.5, 0.6) is 0 Å². The Morgan fingerprint density at radius 1 is 0.647 bits per heavy atom. The van der Waals surface area contributed by atoms with Crippen molar-refractivity contribution in [3.63, 3.8) is 0 Å². The van der Waals surface area contributed by atoms with Gasteiger partial charge >= 0.3 is 0 Å². The van der Waals surface area contributed by atoms with Gasteiger partial charge in [0.2, 0.25) is 5.91 Å². The topological polar surface area (TPSA) is 48.0 Å². The van der Waals surface area contributed by atoms with E-state index in [9.17, 15) is 4.79 Å². The monoisotopic (exact) mass is 457 g/mol. The lowest BCUT2D eigenvalue weighted by molar-refractivity contribution is -0.199. The van der Waals surface area contributed by atoms with Crippen LogP contribution < -0.4 is 0 Å². The highest BCUT2D eigenvalue weighted by Gasteiger charge is 2.50. The van der Waals surface area contributed by atoms with Crippen molar-refractivity contribution in [2.24, 2.45) is 0 Å². The molecule has 2 fully saturated rings. The molecule has 5 rings (SSSR count). The number of ether oxygens (including phenoxy) is 3. The summed E-state index contributed by atoms with van der Waals surface area (Å²) in [5.41, 5.74) is 3.31. The van der Waals surface area contributed by atoms with Crippen molar-refractivity contribution < 1.29 is 19.0 Å². The number of carbonyl (C=O) groups is 1. The quantitative estimate of drug-likeness (QED) is 0.465. The molecule has 0 aliphatic carbocycles. The normalized spacial score (nSPS) is 24.2. The maximum atomic E-state index is 12.7. The number of hydrogen-bond acceptors (Lipinski definition) is 4. The molecule has 3 aromatic rings. The van der Waals surface area contributed by atoms with Crippen LogP contribution in [0.15, 0.2) is 91.0 Å². The van der Waals surface area contributed by atoms with Crippen LogP contribution in [0.3, 0.4) is 0 Å². The molecule has 2 aliphatic heterocycles. The lowest BCUT2D eigenvalue weighted by Crippen LogP contribution is -2.62. The van der Waals surface area contributed by atoms with Gasteiger partial charge in [0.1, 0.15) is 18.3 Å². The number of fused-ring (bicyclic) bond motifs is 1. The minimum atomic E-state index is -0.278. The first kappa shape index (κ1) is 22.8. The summed E-state index contributed by atoms with van der Waals surface area (Å²) in [5.74, 6) is 0.174. The molecular weight excluding hydrogens is 426 g/mol. The van der Waals surface area contributed by atoms with Crippen molar-refractivity contribution in [2.45, 2.75) is 57.0 Å². The van der Waals surface area contributed by atoms with E-state index in [1.807, 2.05) is 59.5 Å². The third kappa shape index (κ3) is 5.39. The Hall–Kier alpha value is -2.99. The summed E-state index contributed by atoms with van der Waals surface area (Å²) >= 11 is 0. The summed E-state index contributed by atoms with van der Waals surface area (Å²) < 4.78 is 19.5. The standard InChI is InChI=1S/C29H31NO4/c31-27-17-16-25-28(33-20-23-12-6-2-7-13-23)29(34-21-24-14-8-3-9-15-24)26(18-30(25)27)32-19-22-10-4-1-5-11-22/h1-15,25-26,28-29H,16-21H2/t25-,26+,28+,29+/m0/s1. The maximum absolute atomic E-state index is 12.7. The number of hydrogen-bond donors (Lipinski definition) is 0. The summed E-state index contributed by atoms with van der Waals surface area (Å²) in [5, 5.41) is 0. The molecule has 0 spiro atoms. The molecule has 0 aromatic heterocycles. The molecule has 176 valence electrons. The summed E-state index contributed by atoms with van der Waals surface area (Å²) in [6.07, 6.45) is 0.523. The van der Waals surface area contributed by atoms with Gasteiger partial charge in [0.25, 0.3) is 0 Å². The van der Waals surface area contributed by atoms with Gasteiger partial charge in [0.05, 0.1) is 25.9 Å². The first-order chi connectivity index (χ1) is 16.8. The molecule has 0 radical (unpaired) electrons. The summed E-state index contributed by atoms with van der Waals surface area (Å²) in [6, 6.07) is 30.4. The van der Waals surface area contributed by atoms with Gasteiger partial charge in [-0.25, -0.2) is 0 Å². The van der Waals surface area contributed by atoms with Crippen molar-refractivity contribution in [2.75, 3.05) is 6.54 Å². The van der Waals surface area contributed by atoms with Gasteiger partial charge in [-0.15, -0.1) is 0 Å². The molecule has 5 heteroatoms. The lowest BCUT2D eigenvalue weighted by atomic mass is 9.93. The number of amides is 1. The Morgan fingerprint density at radius 3 is 1.65 bits per heavy atom. The summed E-state index contributed by atoms with van der Waals surface area (Å²) in [6.45, 7) is 1.94. The van der Waals surface area contributed by atoms with E-state index in [0.29, 0.717) is 32.8 Å². The van der Waals surface area contributed by atoms with Crippen molar-refractivity contribution in [1.29, 1.82) is 0 Å². The summed E-state index contributed by atoms with van der Waals surface area (Å²) in [7, 11) is 0. The number of benzene rings is 3. The maximum Gasteiger partial charge on any atom is 0.223 e. The van der Waals surface area contributed by atoms with Gasteiger partial charge in [0.15, 0.2) is 0 Å². The number of carbonyl (C=O) groups excluding carboxylic acids is 1. The smallest absolute Gasteiger partial charge is 0.223 e. The third-order valence-corrected chi connectivity index (χ3v) is 6.70. The average Bonchev–Trinajstić information content (AvgIpc) is 3.27. The molecule has 1 amide bonds. The van der Waals surface area contributed by atoms with Crippen molar-refractivity contribution in [3.05, 3.63) is 108 Å². The van der Waals surface area contributed by atoms with Gasteiger partial charge in [-0.2, -0.15) is 0 Å². The van der Waals surface area contributed by atoms with Gasteiger partial charge < -0.3 is 19.1 Å².